The average molecular weight is 248 g/mol. The van der Waals surface area contributed by atoms with Crippen LogP contribution in [0.5, 0.6) is 0 Å². The first-order chi connectivity index (χ1) is 8.74. The van der Waals surface area contributed by atoms with Crippen molar-refractivity contribution >= 4 is 0 Å². The number of aryl methyl sites for hydroxylation is 1. The lowest BCUT2D eigenvalue weighted by Gasteiger charge is -2.14. The molecule has 1 aromatic heterocycles. The molecule has 0 fully saturated rings. The molecule has 1 aromatic carbocycles. The molecule has 2 rings (SSSR count). The predicted molar refractivity (Wildman–Crippen MR) is 68.1 cm³/mol. The molecule has 5 heteroatoms. The van der Waals surface area contributed by atoms with E-state index < -0.39 is 0 Å². The lowest BCUT2D eigenvalue weighted by Crippen LogP contribution is -2.28. The van der Waals surface area contributed by atoms with Gasteiger partial charge in [-0.2, -0.15) is 5.10 Å². The molecule has 4 nitrogen and oxygen atoms in total. The van der Waals surface area contributed by atoms with E-state index in [1.807, 2.05) is 10.9 Å². The van der Waals surface area contributed by atoms with Crippen molar-refractivity contribution in [3.63, 3.8) is 0 Å². The molecule has 96 valence electrons. The van der Waals surface area contributed by atoms with Crippen LogP contribution in [-0.2, 0) is 6.54 Å². The van der Waals surface area contributed by atoms with E-state index >= 15 is 0 Å². The summed E-state index contributed by atoms with van der Waals surface area (Å²) >= 11 is 0. The van der Waals surface area contributed by atoms with Crippen LogP contribution in [0.4, 0.5) is 4.39 Å². The number of hydrogen-bond acceptors (Lipinski definition) is 3. The minimum Gasteiger partial charge on any atom is -0.272 e. The zero-order valence-electron chi connectivity index (χ0n) is 10.3. The molecule has 0 bridgehead atoms. The number of rotatable bonds is 5. The molecule has 1 heterocycles. The van der Waals surface area contributed by atoms with Crippen LogP contribution in [0.3, 0.4) is 0 Å². The van der Waals surface area contributed by atoms with Crippen LogP contribution >= 0.6 is 0 Å². The van der Waals surface area contributed by atoms with Gasteiger partial charge < -0.3 is 0 Å². The average Bonchev–Trinajstić information content (AvgIpc) is 2.82. The Morgan fingerprint density at radius 1 is 1.33 bits per heavy atom. The number of hydrogen-bond donors (Lipinski definition) is 2. The lowest BCUT2D eigenvalue weighted by atomic mass is 10.0. The molecule has 2 aromatic rings. The van der Waals surface area contributed by atoms with Crippen LogP contribution in [0.25, 0.3) is 0 Å². The fourth-order valence-corrected chi connectivity index (χ4v) is 1.92. The highest BCUT2D eigenvalue weighted by atomic mass is 19.1. The number of aromatic nitrogens is 2. The van der Waals surface area contributed by atoms with Gasteiger partial charge in [0, 0.05) is 18.3 Å². The molecule has 3 N–H and O–H groups in total. The Labute approximate surface area is 106 Å². The van der Waals surface area contributed by atoms with Crippen molar-refractivity contribution < 1.29 is 4.39 Å². The second-order valence-electron chi connectivity index (χ2n) is 4.19. The maximum Gasteiger partial charge on any atom is 0.123 e. The fourth-order valence-electron chi connectivity index (χ4n) is 1.92. The maximum atomic E-state index is 12.9. The molecule has 1 unspecified atom stereocenters. The van der Waals surface area contributed by atoms with Crippen molar-refractivity contribution in [2.45, 2.75) is 25.9 Å². The minimum absolute atomic E-state index is 0.170. The molecular formula is C13H17FN4. The first kappa shape index (κ1) is 12.7. The highest BCUT2D eigenvalue weighted by Gasteiger charge is 2.14. The Hall–Kier alpha value is -1.72. The third-order valence-corrected chi connectivity index (χ3v) is 2.81. The Morgan fingerprint density at radius 2 is 2.06 bits per heavy atom. The van der Waals surface area contributed by atoms with Gasteiger partial charge in [0.1, 0.15) is 5.82 Å². The van der Waals surface area contributed by atoms with E-state index in [1.165, 1.54) is 12.1 Å². The zero-order valence-corrected chi connectivity index (χ0v) is 10.3. The van der Waals surface area contributed by atoms with E-state index in [-0.39, 0.29) is 11.9 Å². The van der Waals surface area contributed by atoms with Crippen molar-refractivity contribution in [2.75, 3.05) is 0 Å². The third kappa shape index (κ3) is 2.75. The molecule has 0 aliphatic carbocycles. The zero-order chi connectivity index (χ0) is 13.0. The fraction of sp³-hybridized carbons (Fsp3) is 0.308. The molecular weight excluding hydrogens is 231 g/mol. The minimum atomic E-state index is -0.254. The summed E-state index contributed by atoms with van der Waals surface area (Å²) in [4.78, 5) is 0. The Kier molecular flexibility index (Phi) is 4.07. The van der Waals surface area contributed by atoms with E-state index in [1.54, 1.807) is 18.3 Å². The van der Waals surface area contributed by atoms with Gasteiger partial charge in [0.15, 0.2) is 0 Å². The van der Waals surface area contributed by atoms with Crippen LogP contribution in [0, 0.1) is 5.82 Å². The van der Waals surface area contributed by atoms with Crippen molar-refractivity contribution in [3.05, 3.63) is 53.6 Å². The van der Waals surface area contributed by atoms with Gasteiger partial charge in [-0.05, 0) is 24.1 Å². The Balaban J connectivity index is 2.24. The molecule has 0 aliphatic rings. The van der Waals surface area contributed by atoms with E-state index in [9.17, 15) is 4.39 Å². The summed E-state index contributed by atoms with van der Waals surface area (Å²) in [7, 11) is 0. The van der Waals surface area contributed by atoms with Gasteiger partial charge in [-0.1, -0.05) is 19.1 Å². The predicted octanol–water partition coefficient (Wildman–Crippen LogP) is 1.98. The van der Waals surface area contributed by atoms with Gasteiger partial charge in [0.05, 0.1) is 12.2 Å². The first-order valence-corrected chi connectivity index (χ1v) is 5.98. The van der Waals surface area contributed by atoms with Crippen LogP contribution < -0.4 is 11.3 Å². The van der Waals surface area contributed by atoms with Gasteiger partial charge in [-0.3, -0.25) is 10.5 Å². The highest BCUT2D eigenvalue weighted by Crippen LogP contribution is 2.21. The number of nitrogens with zero attached hydrogens (tertiary/aromatic N) is 2. The smallest absolute Gasteiger partial charge is 0.123 e. The highest BCUT2D eigenvalue weighted by molar-refractivity contribution is 5.29. The summed E-state index contributed by atoms with van der Waals surface area (Å²) < 4.78 is 14.8. The van der Waals surface area contributed by atoms with E-state index in [2.05, 4.69) is 17.4 Å². The quantitative estimate of drug-likeness (QED) is 0.628. The van der Waals surface area contributed by atoms with Crippen molar-refractivity contribution in [1.82, 2.24) is 15.2 Å². The van der Waals surface area contributed by atoms with E-state index in [4.69, 9.17) is 5.84 Å². The van der Waals surface area contributed by atoms with Crippen molar-refractivity contribution in [3.8, 4) is 0 Å². The summed E-state index contributed by atoms with van der Waals surface area (Å²) in [6, 6.07) is 6.12. The van der Waals surface area contributed by atoms with Crippen molar-refractivity contribution in [1.29, 1.82) is 0 Å². The van der Waals surface area contributed by atoms with Crippen LogP contribution in [0.15, 0.2) is 36.7 Å². The summed E-state index contributed by atoms with van der Waals surface area (Å²) in [5.41, 5.74) is 4.62. The number of nitrogens with one attached hydrogen (secondary N) is 1. The summed E-state index contributed by atoms with van der Waals surface area (Å²) in [5, 5.41) is 4.26. The topological polar surface area (TPSA) is 55.9 Å². The van der Waals surface area contributed by atoms with Crippen LogP contribution in [0.1, 0.15) is 30.5 Å². The number of halogens is 1. The third-order valence-electron chi connectivity index (χ3n) is 2.81. The second-order valence-corrected chi connectivity index (χ2v) is 4.19. The number of benzene rings is 1. The molecule has 0 radical (unpaired) electrons. The van der Waals surface area contributed by atoms with Gasteiger partial charge in [0.25, 0.3) is 0 Å². The van der Waals surface area contributed by atoms with Gasteiger partial charge in [-0.25, -0.2) is 9.82 Å². The molecule has 0 saturated heterocycles. The molecule has 18 heavy (non-hydrogen) atoms. The maximum absolute atomic E-state index is 12.9. The van der Waals surface area contributed by atoms with Crippen molar-refractivity contribution in [2.24, 2.45) is 5.84 Å². The van der Waals surface area contributed by atoms with Crippen LogP contribution in [0.2, 0.25) is 0 Å². The van der Waals surface area contributed by atoms with E-state index in [0.29, 0.717) is 0 Å². The van der Waals surface area contributed by atoms with E-state index in [0.717, 1.165) is 24.1 Å². The summed E-state index contributed by atoms with van der Waals surface area (Å²) in [6.07, 6.45) is 4.76. The first-order valence-electron chi connectivity index (χ1n) is 5.98. The second kappa shape index (κ2) is 5.75. The molecule has 1 atom stereocenters. The number of hydrazine groups is 1. The monoisotopic (exact) mass is 248 g/mol. The molecule has 0 spiro atoms. The van der Waals surface area contributed by atoms with Gasteiger partial charge in [0.2, 0.25) is 0 Å². The lowest BCUT2D eigenvalue weighted by molar-refractivity contribution is 0.596. The normalized spacial score (nSPS) is 12.6. The molecule has 0 aliphatic heterocycles. The summed E-state index contributed by atoms with van der Waals surface area (Å²) in [5.74, 6) is 5.32. The van der Waals surface area contributed by atoms with Crippen LogP contribution in [-0.4, -0.2) is 9.78 Å². The Morgan fingerprint density at radius 3 is 2.67 bits per heavy atom. The Bertz CT molecular complexity index is 492. The SMILES string of the molecule is CCCn1cc(C(NN)c2ccc(F)cc2)cn1. The van der Waals surface area contributed by atoms with Gasteiger partial charge in [-0.15, -0.1) is 0 Å². The standard InChI is InChI=1S/C13H17FN4/c1-2-7-18-9-11(8-16-18)13(17-15)10-3-5-12(14)6-4-10/h3-6,8-9,13,17H,2,7,15H2,1H3. The molecule has 0 amide bonds. The summed E-state index contributed by atoms with van der Waals surface area (Å²) in [6.45, 7) is 2.97. The molecule has 0 saturated carbocycles. The largest absolute Gasteiger partial charge is 0.272 e. The van der Waals surface area contributed by atoms with Gasteiger partial charge >= 0.3 is 0 Å². The number of nitrogens with two attached hydrogens (primary N) is 1.